The van der Waals surface area contributed by atoms with Crippen LogP contribution in [0, 0.1) is 24.0 Å². The van der Waals surface area contributed by atoms with Crippen molar-refractivity contribution in [2.75, 3.05) is 13.2 Å². The van der Waals surface area contributed by atoms with Gasteiger partial charge in [0.2, 0.25) is 0 Å². The Kier molecular flexibility index (Phi) is 5.88. The molecule has 2 aromatic carbocycles. The number of non-ortho nitro benzene ring substituents is 1. The van der Waals surface area contributed by atoms with Gasteiger partial charge in [0.1, 0.15) is 18.1 Å². The highest BCUT2D eigenvalue weighted by molar-refractivity contribution is 8.18. The molecule has 3 rings (SSSR count). The van der Waals surface area contributed by atoms with E-state index in [0.29, 0.717) is 17.5 Å². The molecule has 0 bridgehead atoms. The molecule has 29 heavy (non-hydrogen) atoms. The fourth-order valence-corrected chi connectivity index (χ4v) is 3.57. The van der Waals surface area contributed by atoms with Crippen LogP contribution in [0.4, 0.5) is 10.5 Å². The summed E-state index contributed by atoms with van der Waals surface area (Å²) in [6.07, 6.45) is 1.28. The molecule has 1 saturated heterocycles. The van der Waals surface area contributed by atoms with Crippen LogP contribution in [0.15, 0.2) is 41.3 Å². The van der Waals surface area contributed by atoms with Gasteiger partial charge in [0.15, 0.2) is 0 Å². The van der Waals surface area contributed by atoms with E-state index in [1.807, 2.05) is 32.0 Å². The number of amides is 2. The van der Waals surface area contributed by atoms with Gasteiger partial charge in [-0.05, 0) is 54.9 Å². The van der Waals surface area contributed by atoms with Gasteiger partial charge in [-0.3, -0.25) is 24.6 Å². The number of aryl methyl sites for hydroxylation is 2. The lowest BCUT2D eigenvalue weighted by molar-refractivity contribution is -0.384. The number of thioether (sulfide) groups is 1. The van der Waals surface area contributed by atoms with Crippen molar-refractivity contribution in [2.24, 2.45) is 0 Å². The monoisotopic (exact) mass is 414 g/mol. The van der Waals surface area contributed by atoms with Gasteiger partial charge in [-0.15, -0.1) is 0 Å². The van der Waals surface area contributed by atoms with E-state index in [0.717, 1.165) is 28.2 Å². The second-order valence-corrected chi connectivity index (χ2v) is 7.44. The van der Waals surface area contributed by atoms with E-state index in [4.69, 9.17) is 4.74 Å². The molecule has 8 nitrogen and oxygen atoms in total. The number of benzene rings is 2. The molecule has 2 aromatic rings. The number of aromatic hydroxyl groups is 1. The van der Waals surface area contributed by atoms with Gasteiger partial charge in [-0.25, -0.2) is 0 Å². The van der Waals surface area contributed by atoms with Gasteiger partial charge in [0.25, 0.3) is 16.8 Å². The normalized spacial score (nSPS) is 15.2. The number of carbonyl (C=O) groups excluding carboxylic acids is 2. The van der Waals surface area contributed by atoms with Crippen molar-refractivity contribution < 1.29 is 24.4 Å². The summed E-state index contributed by atoms with van der Waals surface area (Å²) < 4.78 is 5.70. The number of hydrogen-bond donors (Lipinski definition) is 1. The molecule has 2 amide bonds. The Labute approximate surface area is 170 Å². The van der Waals surface area contributed by atoms with E-state index < -0.39 is 16.1 Å². The summed E-state index contributed by atoms with van der Waals surface area (Å²) in [4.78, 5) is 36.2. The van der Waals surface area contributed by atoms with Crippen molar-refractivity contribution in [3.63, 3.8) is 0 Å². The number of phenols is 1. The molecule has 1 N–H and O–H groups in total. The third-order valence-corrected chi connectivity index (χ3v) is 5.21. The van der Waals surface area contributed by atoms with Crippen molar-refractivity contribution in [1.29, 1.82) is 0 Å². The highest BCUT2D eigenvalue weighted by Crippen LogP contribution is 2.34. The van der Waals surface area contributed by atoms with Crippen molar-refractivity contribution in [3.8, 4) is 11.5 Å². The molecule has 0 saturated carbocycles. The molecule has 0 unspecified atom stereocenters. The minimum atomic E-state index is -0.604. The van der Waals surface area contributed by atoms with Crippen LogP contribution in [-0.4, -0.2) is 39.2 Å². The van der Waals surface area contributed by atoms with Gasteiger partial charge in [0, 0.05) is 17.7 Å². The van der Waals surface area contributed by atoms with Crippen LogP contribution >= 0.6 is 11.8 Å². The number of nitro benzene ring substituents is 1. The number of hydrogen-bond acceptors (Lipinski definition) is 7. The first-order chi connectivity index (χ1) is 13.8. The van der Waals surface area contributed by atoms with E-state index in [9.17, 15) is 24.8 Å². The number of imide groups is 1. The average Bonchev–Trinajstić information content (AvgIpc) is 2.93. The number of carbonyl (C=O) groups is 2. The zero-order valence-corrected chi connectivity index (χ0v) is 16.6. The number of phenolic OH excluding ortho intramolecular Hbond substituents is 1. The molecule has 0 spiro atoms. The van der Waals surface area contributed by atoms with Crippen LogP contribution in [0.5, 0.6) is 11.5 Å². The second-order valence-electron chi connectivity index (χ2n) is 6.45. The summed E-state index contributed by atoms with van der Waals surface area (Å²) in [5.74, 6) is -0.0647. The Morgan fingerprint density at radius 3 is 2.69 bits per heavy atom. The van der Waals surface area contributed by atoms with Gasteiger partial charge in [0.05, 0.1) is 16.4 Å². The van der Waals surface area contributed by atoms with Crippen molar-refractivity contribution in [2.45, 2.75) is 13.8 Å². The van der Waals surface area contributed by atoms with Gasteiger partial charge in [-0.1, -0.05) is 12.1 Å². The maximum absolute atomic E-state index is 12.6. The molecule has 0 radical (unpaired) electrons. The van der Waals surface area contributed by atoms with Crippen LogP contribution in [0.25, 0.3) is 6.08 Å². The molecule has 1 aliphatic heterocycles. The summed E-state index contributed by atoms with van der Waals surface area (Å²) in [5.41, 5.74) is 1.86. The minimum Gasteiger partial charge on any atom is -0.507 e. The Morgan fingerprint density at radius 2 is 1.97 bits per heavy atom. The number of ether oxygens (including phenoxy) is 1. The lowest BCUT2D eigenvalue weighted by Gasteiger charge is -2.14. The molecule has 0 atom stereocenters. The van der Waals surface area contributed by atoms with E-state index in [1.165, 1.54) is 12.1 Å². The molecule has 1 heterocycles. The largest absolute Gasteiger partial charge is 0.507 e. The third kappa shape index (κ3) is 4.57. The van der Waals surface area contributed by atoms with Crippen LogP contribution in [0.2, 0.25) is 0 Å². The fourth-order valence-electron chi connectivity index (χ4n) is 2.71. The van der Waals surface area contributed by atoms with Crippen LogP contribution in [-0.2, 0) is 4.79 Å². The predicted octanol–water partition coefficient (Wildman–Crippen LogP) is 4.03. The highest BCUT2D eigenvalue weighted by Gasteiger charge is 2.35. The molecular formula is C20H18N2O6S. The number of nitro groups is 1. The third-order valence-electron chi connectivity index (χ3n) is 4.30. The number of rotatable bonds is 6. The van der Waals surface area contributed by atoms with Gasteiger partial charge in [-0.2, -0.15) is 0 Å². The zero-order chi connectivity index (χ0) is 21.1. The van der Waals surface area contributed by atoms with Crippen LogP contribution in [0.3, 0.4) is 0 Å². The van der Waals surface area contributed by atoms with Crippen molar-refractivity contribution in [3.05, 3.63) is 68.1 Å². The molecule has 150 valence electrons. The Hall–Kier alpha value is -3.33. The average molecular weight is 414 g/mol. The molecule has 0 aliphatic carbocycles. The van der Waals surface area contributed by atoms with E-state index in [2.05, 4.69) is 0 Å². The SMILES string of the molecule is Cc1ccc(C)c(OCCN2C(=O)S/C(=C\c3cc([N+](=O)[O-])ccc3O)C2=O)c1. The van der Waals surface area contributed by atoms with Crippen LogP contribution < -0.4 is 4.74 Å². The van der Waals surface area contributed by atoms with E-state index in [-0.39, 0.29) is 35.1 Å². The van der Waals surface area contributed by atoms with Gasteiger partial charge < -0.3 is 9.84 Å². The minimum absolute atomic E-state index is 0.0658. The molecule has 1 aliphatic rings. The smallest absolute Gasteiger partial charge is 0.293 e. The van der Waals surface area contributed by atoms with E-state index >= 15 is 0 Å². The predicted molar refractivity (Wildman–Crippen MR) is 109 cm³/mol. The maximum Gasteiger partial charge on any atom is 0.293 e. The topological polar surface area (TPSA) is 110 Å². The molecule has 1 fully saturated rings. The zero-order valence-electron chi connectivity index (χ0n) is 15.7. The lowest BCUT2D eigenvalue weighted by atomic mass is 10.1. The summed E-state index contributed by atoms with van der Waals surface area (Å²) in [6.45, 7) is 4.05. The summed E-state index contributed by atoms with van der Waals surface area (Å²) in [7, 11) is 0. The standard InChI is InChI=1S/C20H18N2O6S/c1-12-3-4-13(2)17(9-12)28-8-7-21-19(24)18(29-20(21)25)11-14-10-15(22(26)27)5-6-16(14)23/h3-6,9-11,23H,7-8H2,1-2H3/b18-11-. The fraction of sp³-hybridized carbons (Fsp3) is 0.200. The van der Waals surface area contributed by atoms with Crippen molar-refractivity contribution >= 4 is 34.7 Å². The number of nitrogens with zero attached hydrogens (tertiary/aromatic N) is 2. The second kappa shape index (κ2) is 8.36. The highest BCUT2D eigenvalue weighted by atomic mass is 32.2. The first-order valence-corrected chi connectivity index (χ1v) is 9.51. The quantitative estimate of drug-likeness (QED) is 0.432. The van der Waals surface area contributed by atoms with E-state index in [1.54, 1.807) is 0 Å². The maximum atomic E-state index is 12.6. The summed E-state index contributed by atoms with van der Waals surface area (Å²) in [5, 5.41) is 20.3. The summed E-state index contributed by atoms with van der Waals surface area (Å²) >= 11 is 0.713. The van der Waals surface area contributed by atoms with Crippen molar-refractivity contribution in [1.82, 2.24) is 4.90 Å². The molecule has 9 heteroatoms. The molecular weight excluding hydrogens is 396 g/mol. The Morgan fingerprint density at radius 1 is 1.21 bits per heavy atom. The first-order valence-electron chi connectivity index (χ1n) is 8.69. The van der Waals surface area contributed by atoms with Gasteiger partial charge >= 0.3 is 0 Å². The Bertz CT molecular complexity index is 1030. The first kappa shape index (κ1) is 20.4. The van der Waals surface area contributed by atoms with Crippen LogP contribution in [0.1, 0.15) is 16.7 Å². The summed E-state index contributed by atoms with van der Waals surface area (Å²) in [6, 6.07) is 9.25. The molecule has 0 aromatic heterocycles. The lowest BCUT2D eigenvalue weighted by Crippen LogP contribution is -2.32. The Balaban J connectivity index is 1.71.